The fourth-order valence-corrected chi connectivity index (χ4v) is 7.47. The molecule has 1 aliphatic heterocycles. The van der Waals surface area contributed by atoms with E-state index in [-0.39, 0.29) is 5.91 Å². The highest BCUT2D eigenvalue weighted by Crippen LogP contribution is 2.34. The molecule has 0 fully saturated rings. The third-order valence-electron chi connectivity index (χ3n) is 8.90. The Balaban J connectivity index is 0.00000131. The van der Waals surface area contributed by atoms with Crippen molar-refractivity contribution in [3.8, 4) is 16.9 Å². The van der Waals surface area contributed by atoms with E-state index >= 15 is 0 Å². The summed E-state index contributed by atoms with van der Waals surface area (Å²) in [6.07, 6.45) is 11.9. The van der Waals surface area contributed by atoms with Crippen molar-refractivity contribution in [3.63, 3.8) is 0 Å². The van der Waals surface area contributed by atoms with Crippen LogP contribution in [0.3, 0.4) is 0 Å². The van der Waals surface area contributed by atoms with Crippen molar-refractivity contribution in [3.05, 3.63) is 96.1 Å². The van der Waals surface area contributed by atoms with E-state index in [4.69, 9.17) is 14.0 Å². The maximum Gasteiger partial charge on any atom is 0.261 e. The SMILES string of the molecule is CCCCOCCOc1ccc(-c2ccc3c(c2)C=C(CC(=O)Nc2ccc(S(=O)Cc4cncn4CCC)cc2)CCCN3CC(C)C)cc1.CS(=O)(=O)O. The fourth-order valence-electron chi connectivity index (χ4n) is 6.36. The number of unbranched alkanes of at least 4 members (excludes halogenated alkanes) is 1. The van der Waals surface area contributed by atoms with Gasteiger partial charge >= 0.3 is 0 Å². The quantitative estimate of drug-likeness (QED) is 0.0747. The maximum atomic E-state index is 13.3. The lowest BCUT2D eigenvalue weighted by molar-refractivity contribution is -0.115. The van der Waals surface area contributed by atoms with Crippen LogP contribution in [0.1, 0.15) is 77.5 Å². The number of aromatic nitrogens is 2. The molecule has 11 nitrogen and oxygen atoms in total. The van der Waals surface area contributed by atoms with Crippen molar-refractivity contribution in [2.45, 2.75) is 83.4 Å². The molecule has 5 rings (SSSR count). The van der Waals surface area contributed by atoms with Gasteiger partial charge in [0.15, 0.2) is 0 Å². The Kier molecular flexibility index (Phi) is 17.8. The molecule has 13 heteroatoms. The topological polar surface area (TPSA) is 140 Å². The fraction of sp³-hybridized carbons (Fsp3) is 0.442. The van der Waals surface area contributed by atoms with Gasteiger partial charge in [-0.1, -0.05) is 64.0 Å². The van der Waals surface area contributed by atoms with Crippen LogP contribution in [0.25, 0.3) is 17.2 Å². The van der Waals surface area contributed by atoms with Crippen LogP contribution in [0.5, 0.6) is 5.75 Å². The molecule has 0 aliphatic carbocycles. The van der Waals surface area contributed by atoms with Crippen molar-refractivity contribution in [1.29, 1.82) is 0 Å². The highest BCUT2D eigenvalue weighted by Gasteiger charge is 2.18. The molecule has 4 aromatic rings. The molecular formula is C43H58N4O7S2. The minimum absolute atomic E-state index is 0.0535. The number of amides is 1. The Morgan fingerprint density at radius 3 is 2.38 bits per heavy atom. The van der Waals surface area contributed by atoms with Crippen molar-refractivity contribution in [1.82, 2.24) is 9.55 Å². The zero-order valence-electron chi connectivity index (χ0n) is 33.4. The van der Waals surface area contributed by atoms with Gasteiger partial charge < -0.3 is 24.3 Å². The van der Waals surface area contributed by atoms with Gasteiger partial charge in [0.25, 0.3) is 10.1 Å². The molecule has 56 heavy (non-hydrogen) atoms. The lowest BCUT2D eigenvalue weighted by Crippen LogP contribution is -2.30. The summed E-state index contributed by atoms with van der Waals surface area (Å²) in [5, 5.41) is 3.07. The molecule has 0 bridgehead atoms. The number of nitrogens with one attached hydrogen (secondary N) is 1. The number of nitrogens with zero attached hydrogens (tertiary/aromatic N) is 3. The number of ether oxygens (including phenoxy) is 2. The number of rotatable bonds is 18. The normalized spacial score (nSPS) is 13.5. The third-order valence-corrected chi connectivity index (χ3v) is 10.3. The van der Waals surface area contributed by atoms with Gasteiger partial charge in [0.2, 0.25) is 5.91 Å². The zero-order chi connectivity index (χ0) is 40.5. The minimum Gasteiger partial charge on any atom is -0.491 e. The largest absolute Gasteiger partial charge is 0.491 e. The monoisotopic (exact) mass is 806 g/mol. The van der Waals surface area contributed by atoms with Gasteiger partial charge in [0, 0.05) is 55.1 Å². The molecular weight excluding hydrogens is 749 g/mol. The number of carbonyl (C=O) groups is 1. The predicted octanol–water partition coefficient (Wildman–Crippen LogP) is 8.64. The molecule has 2 heterocycles. The van der Waals surface area contributed by atoms with Crippen LogP contribution in [0.15, 0.2) is 89.7 Å². The Bertz CT molecular complexity index is 1980. The molecule has 304 valence electrons. The summed E-state index contributed by atoms with van der Waals surface area (Å²) in [7, 11) is -4.87. The Labute approximate surface area is 335 Å². The van der Waals surface area contributed by atoms with Crippen molar-refractivity contribution in [2.24, 2.45) is 5.92 Å². The van der Waals surface area contributed by atoms with Crippen LogP contribution in [-0.2, 0) is 42.7 Å². The summed E-state index contributed by atoms with van der Waals surface area (Å²) in [6.45, 7) is 13.5. The molecule has 1 amide bonds. The number of benzene rings is 3. The van der Waals surface area contributed by atoms with Gasteiger partial charge in [0.1, 0.15) is 12.4 Å². The number of hydrogen-bond acceptors (Lipinski definition) is 8. The molecule has 1 unspecified atom stereocenters. The number of carbonyl (C=O) groups excluding carboxylic acids is 1. The van der Waals surface area contributed by atoms with Gasteiger partial charge in [-0.25, -0.2) is 4.98 Å². The van der Waals surface area contributed by atoms with Crippen molar-refractivity contribution in [2.75, 3.05) is 49.4 Å². The summed E-state index contributed by atoms with van der Waals surface area (Å²) in [5.41, 5.74) is 7.35. The second kappa shape index (κ2) is 22.4. The second-order valence-corrected chi connectivity index (χ2v) is 17.3. The van der Waals surface area contributed by atoms with E-state index < -0.39 is 20.9 Å². The number of hydrogen-bond donors (Lipinski definition) is 2. The molecule has 0 radical (unpaired) electrons. The Morgan fingerprint density at radius 1 is 0.982 bits per heavy atom. The van der Waals surface area contributed by atoms with E-state index in [1.807, 2.05) is 36.4 Å². The van der Waals surface area contributed by atoms with Crippen LogP contribution in [0.2, 0.25) is 0 Å². The smallest absolute Gasteiger partial charge is 0.261 e. The van der Waals surface area contributed by atoms with Gasteiger partial charge in [-0.05, 0) is 96.8 Å². The number of imidazole rings is 1. The average Bonchev–Trinajstić information content (AvgIpc) is 3.57. The zero-order valence-corrected chi connectivity index (χ0v) is 35.0. The van der Waals surface area contributed by atoms with E-state index in [0.717, 1.165) is 96.9 Å². The van der Waals surface area contributed by atoms with E-state index in [2.05, 4.69) is 83.9 Å². The van der Waals surface area contributed by atoms with Crippen molar-refractivity contribution >= 4 is 44.3 Å². The van der Waals surface area contributed by atoms with E-state index in [1.165, 1.54) is 5.69 Å². The molecule has 0 spiro atoms. The Morgan fingerprint density at radius 2 is 1.70 bits per heavy atom. The first-order valence-corrected chi connectivity index (χ1v) is 22.6. The first-order chi connectivity index (χ1) is 26.8. The molecule has 1 atom stereocenters. The van der Waals surface area contributed by atoms with Crippen LogP contribution in [-0.4, -0.2) is 71.8 Å². The predicted molar refractivity (Wildman–Crippen MR) is 227 cm³/mol. The van der Waals surface area contributed by atoms with Crippen LogP contribution in [0.4, 0.5) is 11.4 Å². The first kappa shape index (κ1) is 44.4. The lowest BCUT2D eigenvalue weighted by atomic mass is 9.95. The van der Waals surface area contributed by atoms with Crippen LogP contribution >= 0.6 is 0 Å². The van der Waals surface area contributed by atoms with Gasteiger partial charge in [0.05, 0.1) is 41.4 Å². The second-order valence-electron chi connectivity index (χ2n) is 14.4. The standard InChI is InChI=1S/C42H54N4O4S.CH4O3S/c1-5-7-22-49-23-24-50-39-15-10-34(11-16-39)35-12-19-41-36(27-35)25-33(9-8-21-45(41)29-32(3)4)26-42(47)44-37-13-17-40(18-14-37)51(48)30-38-28-43-31-46(38)20-6-2;1-5(2,3)4/h10-19,25,27-28,31-32H,5-9,20-24,26,29-30H2,1-4H3,(H,44,47);1H3,(H,2,3,4). The summed E-state index contributed by atoms with van der Waals surface area (Å²) in [6, 6.07) is 22.3. The van der Waals surface area contributed by atoms with Gasteiger partial charge in [-0.2, -0.15) is 8.42 Å². The maximum absolute atomic E-state index is 13.3. The molecule has 1 aliphatic rings. The number of aryl methyl sites for hydroxylation is 1. The Hall–Kier alpha value is -4.30. The van der Waals surface area contributed by atoms with Crippen LogP contribution < -0.4 is 15.0 Å². The minimum atomic E-state index is -3.67. The molecule has 3 aromatic carbocycles. The average molecular weight is 807 g/mol. The highest BCUT2D eigenvalue weighted by atomic mass is 32.2. The summed E-state index contributed by atoms with van der Waals surface area (Å²) < 4.78 is 52.5. The molecule has 2 N–H and O–H groups in total. The third kappa shape index (κ3) is 15.3. The van der Waals surface area contributed by atoms with Gasteiger partial charge in [-0.15, -0.1) is 0 Å². The van der Waals surface area contributed by atoms with E-state index in [0.29, 0.717) is 43.2 Å². The summed E-state index contributed by atoms with van der Waals surface area (Å²) in [5.74, 6) is 1.72. The number of anilines is 2. The van der Waals surface area contributed by atoms with E-state index in [9.17, 15) is 17.4 Å². The van der Waals surface area contributed by atoms with Gasteiger partial charge in [-0.3, -0.25) is 13.6 Å². The van der Waals surface area contributed by atoms with E-state index in [1.54, 1.807) is 12.5 Å². The highest BCUT2D eigenvalue weighted by molar-refractivity contribution is 7.85. The summed E-state index contributed by atoms with van der Waals surface area (Å²) >= 11 is 0. The first-order valence-electron chi connectivity index (χ1n) is 19.4. The van der Waals surface area contributed by atoms with Crippen LogP contribution in [0, 0.1) is 5.92 Å². The lowest BCUT2D eigenvalue weighted by Gasteiger charge is -2.30. The molecule has 0 saturated heterocycles. The summed E-state index contributed by atoms with van der Waals surface area (Å²) in [4.78, 5) is 20.8. The number of fused-ring (bicyclic) bond motifs is 1. The van der Waals surface area contributed by atoms with Crippen molar-refractivity contribution < 1.29 is 31.4 Å². The molecule has 0 saturated carbocycles. The molecule has 1 aromatic heterocycles.